The van der Waals surface area contributed by atoms with E-state index >= 15 is 0 Å². The average molecular weight is 248 g/mol. The summed E-state index contributed by atoms with van der Waals surface area (Å²) in [6.45, 7) is 1.42. The Hall–Kier alpha value is -1.70. The van der Waals surface area contributed by atoms with Gasteiger partial charge in [0.1, 0.15) is 0 Å². The second-order valence-electron chi connectivity index (χ2n) is 2.93. The van der Waals surface area contributed by atoms with Crippen LogP contribution in [0.4, 0.5) is 15.8 Å². The summed E-state index contributed by atoms with van der Waals surface area (Å²) in [4.78, 5) is 9.42. The van der Waals surface area contributed by atoms with Gasteiger partial charge < -0.3 is 0 Å². The van der Waals surface area contributed by atoms with Crippen LogP contribution < -0.4 is 4.72 Å². The molecule has 0 fully saturated rings. The van der Waals surface area contributed by atoms with Crippen LogP contribution in [0.3, 0.4) is 0 Å². The molecule has 0 radical (unpaired) electrons. The normalized spacial score (nSPS) is 11.1. The highest BCUT2D eigenvalue weighted by Crippen LogP contribution is 2.21. The Balaban J connectivity index is 3.03. The highest BCUT2D eigenvalue weighted by atomic mass is 32.2. The first-order valence-corrected chi connectivity index (χ1v) is 5.95. The van der Waals surface area contributed by atoms with Gasteiger partial charge in [0.2, 0.25) is 15.8 Å². The van der Waals surface area contributed by atoms with Crippen molar-refractivity contribution in [1.82, 2.24) is 0 Å². The van der Waals surface area contributed by atoms with Crippen molar-refractivity contribution in [1.29, 1.82) is 0 Å². The van der Waals surface area contributed by atoms with E-state index in [-0.39, 0.29) is 11.4 Å². The molecule has 0 saturated carbocycles. The van der Waals surface area contributed by atoms with E-state index in [4.69, 9.17) is 0 Å². The lowest BCUT2D eigenvalue weighted by Gasteiger charge is -2.05. The van der Waals surface area contributed by atoms with Crippen molar-refractivity contribution in [3.05, 3.63) is 34.1 Å². The van der Waals surface area contributed by atoms with Crippen molar-refractivity contribution in [2.45, 2.75) is 6.92 Å². The molecule has 16 heavy (non-hydrogen) atoms. The minimum atomic E-state index is -3.51. The second-order valence-corrected chi connectivity index (χ2v) is 4.94. The summed E-state index contributed by atoms with van der Waals surface area (Å²) in [6, 6.07) is 2.81. The van der Waals surface area contributed by atoms with E-state index in [0.29, 0.717) is 0 Å². The highest BCUT2D eigenvalue weighted by Gasteiger charge is 2.15. The maximum absolute atomic E-state index is 13.1. The van der Waals surface area contributed by atoms with Crippen LogP contribution in [0.2, 0.25) is 0 Å². The zero-order valence-electron chi connectivity index (χ0n) is 8.31. The van der Waals surface area contributed by atoms with Crippen LogP contribution in [-0.2, 0) is 10.0 Å². The number of benzene rings is 1. The number of sulfonamides is 1. The molecule has 0 saturated heterocycles. The number of anilines is 1. The molecule has 0 amide bonds. The standard InChI is InChI=1S/C8H9FN2O4S/c1-2-16(14,15)10-6-3-4-8(11(12)13)7(9)5-6/h3-5,10H,2H2,1H3. The van der Waals surface area contributed by atoms with Crippen molar-refractivity contribution >= 4 is 21.4 Å². The van der Waals surface area contributed by atoms with Gasteiger partial charge >= 0.3 is 5.69 Å². The fourth-order valence-corrected chi connectivity index (χ4v) is 1.60. The molecule has 6 nitrogen and oxygen atoms in total. The first kappa shape index (κ1) is 12.4. The maximum atomic E-state index is 13.1. The number of rotatable bonds is 4. The summed E-state index contributed by atoms with van der Waals surface area (Å²) >= 11 is 0. The zero-order chi connectivity index (χ0) is 12.3. The van der Waals surface area contributed by atoms with E-state index in [1.165, 1.54) is 6.92 Å². The van der Waals surface area contributed by atoms with Gasteiger partial charge in [-0.1, -0.05) is 0 Å². The molecule has 1 aromatic carbocycles. The van der Waals surface area contributed by atoms with E-state index in [1.807, 2.05) is 0 Å². The molecule has 0 aliphatic carbocycles. The molecule has 8 heteroatoms. The van der Waals surface area contributed by atoms with Gasteiger partial charge in [-0.2, -0.15) is 4.39 Å². The molecule has 0 bridgehead atoms. The van der Waals surface area contributed by atoms with Crippen LogP contribution in [0.5, 0.6) is 0 Å². The molecule has 0 aromatic heterocycles. The Kier molecular flexibility index (Phi) is 3.43. The first-order chi connectivity index (χ1) is 7.35. The van der Waals surface area contributed by atoms with Gasteiger partial charge in [-0.3, -0.25) is 14.8 Å². The molecule has 0 spiro atoms. The highest BCUT2D eigenvalue weighted by molar-refractivity contribution is 7.92. The minimum Gasteiger partial charge on any atom is -0.283 e. The molecule has 1 N–H and O–H groups in total. The molecule has 88 valence electrons. The molecule has 1 aromatic rings. The molecule has 0 atom stereocenters. The Morgan fingerprint density at radius 3 is 2.56 bits per heavy atom. The van der Waals surface area contributed by atoms with Crippen LogP contribution in [0.1, 0.15) is 6.92 Å². The third-order valence-corrected chi connectivity index (χ3v) is 3.10. The third-order valence-electron chi connectivity index (χ3n) is 1.80. The minimum absolute atomic E-state index is 0.0371. The van der Waals surface area contributed by atoms with E-state index < -0.39 is 26.5 Å². The molecule has 0 aliphatic heterocycles. The maximum Gasteiger partial charge on any atom is 0.304 e. The third kappa shape index (κ3) is 2.89. The van der Waals surface area contributed by atoms with Crippen molar-refractivity contribution < 1.29 is 17.7 Å². The summed E-state index contributed by atoms with van der Waals surface area (Å²) in [5, 5.41) is 10.3. The van der Waals surface area contributed by atoms with Crippen molar-refractivity contribution in [3.63, 3.8) is 0 Å². The van der Waals surface area contributed by atoms with Gasteiger partial charge in [-0.15, -0.1) is 0 Å². The molecule has 0 unspecified atom stereocenters. The predicted octanol–water partition coefficient (Wildman–Crippen LogP) is 1.50. The van der Waals surface area contributed by atoms with Gasteiger partial charge in [0.25, 0.3) is 0 Å². The number of nitro groups is 1. The van der Waals surface area contributed by atoms with Gasteiger partial charge in [-0.05, 0) is 13.0 Å². The molecule has 1 rings (SSSR count). The lowest BCUT2D eigenvalue weighted by molar-refractivity contribution is -0.387. The fourth-order valence-electron chi connectivity index (χ4n) is 0.970. The predicted molar refractivity (Wildman–Crippen MR) is 56.1 cm³/mol. The van der Waals surface area contributed by atoms with E-state index in [9.17, 15) is 22.9 Å². The van der Waals surface area contributed by atoms with Gasteiger partial charge in [0, 0.05) is 12.1 Å². The monoisotopic (exact) mass is 248 g/mol. The smallest absolute Gasteiger partial charge is 0.283 e. The lowest BCUT2D eigenvalue weighted by atomic mass is 10.3. The Labute approximate surface area is 91.3 Å². The number of nitro benzene ring substituents is 1. The van der Waals surface area contributed by atoms with Crippen LogP contribution >= 0.6 is 0 Å². The molecule has 0 heterocycles. The zero-order valence-corrected chi connectivity index (χ0v) is 9.12. The Bertz CT molecular complexity index is 515. The van der Waals surface area contributed by atoms with Crippen molar-refractivity contribution in [3.8, 4) is 0 Å². The first-order valence-electron chi connectivity index (χ1n) is 4.30. The van der Waals surface area contributed by atoms with Gasteiger partial charge in [-0.25, -0.2) is 8.42 Å². The van der Waals surface area contributed by atoms with Crippen LogP contribution in [0.25, 0.3) is 0 Å². The summed E-state index contributed by atoms with van der Waals surface area (Å²) in [5.74, 6) is -1.24. The topological polar surface area (TPSA) is 89.3 Å². The summed E-state index contributed by atoms with van der Waals surface area (Å²) in [5.41, 5.74) is -0.732. The number of nitrogens with one attached hydrogen (secondary N) is 1. The van der Waals surface area contributed by atoms with Crippen molar-refractivity contribution in [2.75, 3.05) is 10.5 Å². The number of nitrogens with zero attached hydrogens (tertiary/aromatic N) is 1. The molecule has 0 aliphatic rings. The second kappa shape index (κ2) is 4.44. The molecular weight excluding hydrogens is 239 g/mol. The van der Waals surface area contributed by atoms with Gasteiger partial charge in [0.15, 0.2) is 0 Å². The van der Waals surface area contributed by atoms with Crippen molar-refractivity contribution in [2.24, 2.45) is 0 Å². The number of halogens is 1. The fraction of sp³-hybridized carbons (Fsp3) is 0.250. The lowest BCUT2D eigenvalue weighted by Crippen LogP contribution is -2.14. The largest absolute Gasteiger partial charge is 0.304 e. The quantitative estimate of drug-likeness (QED) is 0.645. The van der Waals surface area contributed by atoms with E-state index in [0.717, 1.165) is 18.2 Å². The average Bonchev–Trinajstić information content (AvgIpc) is 2.16. The Morgan fingerprint density at radius 1 is 1.50 bits per heavy atom. The SMILES string of the molecule is CCS(=O)(=O)Nc1ccc([N+](=O)[O-])c(F)c1. The van der Waals surface area contributed by atoms with E-state index in [2.05, 4.69) is 4.72 Å². The summed E-state index contributed by atoms with van der Waals surface area (Å²) < 4.78 is 37.5. The Morgan fingerprint density at radius 2 is 2.12 bits per heavy atom. The van der Waals surface area contributed by atoms with E-state index in [1.54, 1.807) is 0 Å². The number of hydrogen-bond acceptors (Lipinski definition) is 4. The van der Waals surface area contributed by atoms with Crippen LogP contribution in [0, 0.1) is 15.9 Å². The number of hydrogen-bond donors (Lipinski definition) is 1. The van der Waals surface area contributed by atoms with Crippen LogP contribution in [0.15, 0.2) is 18.2 Å². The van der Waals surface area contributed by atoms with Crippen LogP contribution in [-0.4, -0.2) is 19.1 Å². The molecular formula is C8H9FN2O4S. The van der Waals surface area contributed by atoms with Gasteiger partial charge in [0.05, 0.1) is 16.4 Å². The summed E-state index contributed by atoms with van der Waals surface area (Å²) in [7, 11) is -3.51. The summed E-state index contributed by atoms with van der Waals surface area (Å²) in [6.07, 6.45) is 0.